The average Bonchev–Trinajstić information content (AvgIpc) is 2.12. The van der Waals surface area contributed by atoms with Gasteiger partial charge in [0.1, 0.15) is 0 Å². The molecule has 0 radical (unpaired) electrons. The second-order valence-electron chi connectivity index (χ2n) is 4.73. The number of amides is 2. The first kappa shape index (κ1) is 14.9. The average molecular weight is 230 g/mol. The van der Waals surface area contributed by atoms with E-state index in [0.717, 1.165) is 0 Å². The third-order valence-corrected chi connectivity index (χ3v) is 1.75. The Kier molecular flexibility index (Phi) is 6.72. The van der Waals surface area contributed by atoms with E-state index in [1.807, 2.05) is 20.8 Å². The van der Waals surface area contributed by atoms with Crippen LogP contribution in [0.4, 0.5) is 0 Å². The standard InChI is InChI=1S/C11H22N2O3/c1-11(2,3)13-10(16)6-5-9(15)12-7-4-8-14/h14H,4-8H2,1-3H3,(H,12,15)(H,13,16). The van der Waals surface area contributed by atoms with Gasteiger partial charge in [-0.25, -0.2) is 0 Å². The molecule has 0 saturated heterocycles. The van der Waals surface area contributed by atoms with E-state index < -0.39 is 0 Å². The van der Waals surface area contributed by atoms with Gasteiger partial charge in [-0.2, -0.15) is 0 Å². The van der Waals surface area contributed by atoms with Gasteiger partial charge in [-0.3, -0.25) is 9.59 Å². The predicted molar refractivity (Wildman–Crippen MR) is 61.8 cm³/mol. The van der Waals surface area contributed by atoms with Gasteiger partial charge in [0.25, 0.3) is 0 Å². The third-order valence-electron chi connectivity index (χ3n) is 1.75. The van der Waals surface area contributed by atoms with Crippen molar-refractivity contribution < 1.29 is 14.7 Å². The Labute approximate surface area is 96.6 Å². The number of nitrogens with one attached hydrogen (secondary N) is 2. The van der Waals surface area contributed by atoms with Gasteiger partial charge < -0.3 is 15.7 Å². The molecule has 0 unspecified atom stereocenters. The number of carbonyl (C=O) groups excluding carboxylic acids is 2. The van der Waals surface area contributed by atoms with Crippen LogP contribution in [-0.2, 0) is 9.59 Å². The van der Waals surface area contributed by atoms with Crippen LogP contribution in [0.2, 0.25) is 0 Å². The van der Waals surface area contributed by atoms with E-state index in [-0.39, 0.29) is 36.8 Å². The fourth-order valence-electron chi connectivity index (χ4n) is 1.10. The largest absolute Gasteiger partial charge is 0.396 e. The topological polar surface area (TPSA) is 78.4 Å². The summed E-state index contributed by atoms with van der Waals surface area (Å²) in [5, 5.41) is 13.9. The number of rotatable bonds is 6. The molecule has 5 heteroatoms. The van der Waals surface area contributed by atoms with Crippen molar-refractivity contribution in [1.29, 1.82) is 0 Å². The lowest BCUT2D eigenvalue weighted by atomic mass is 10.1. The molecule has 3 N–H and O–H groups in total. The molecule has 0 fully saturated rings. The van der Waals surface area contributed by atoms with E-state index in [1.54, 1.807) is 0 Å². The Morgan fingerprint density at radius 1 is 1.12 bits per heavy atom. The first-order valence-electron chi connectivity index (χ1n) is 5.54. The van der Waals surface area contributed by atoms with E-state index in [9.17, 15) is 9.59 Å². The Hall–Kier alpha value is -1.10. The maximum absolute atomic E-state index is 11.4. The third kappa shape index (κ3) is 9.45. The highest BCUT2D eigenvalue weighted by atomic mass is 16.3. The number of hydrogen-bond donors (Lipinski definition) is 3. The zero-order chi connectivity index (χ0) is 12.6. The van der Waals surface area contributed by atoms with Crippen LogP contribution in [0.5, 0.6) is 0 Å². The molecule has 0 aliphatic heterocycles. The van der Waals surface area contributed by atoms with Gasteiger partial charge in [0.15, 0.2) is 0 Å². The molecular formula is C11H22N2O3. The lowest BCUT2D eigenvalue weighted by Gasteiger charge is -2.20. The summed E-state index contributed by atoms with van der Waals surface area (Å²) in [5.41, 5.74) is -0.259. The van der Waals surface area contributed by atoms with Crippen molar-refractivity contribution in [2.75, 3.05) is 13.2 Å². The normalized spacial score (nSPS) is 11.0. The monoisotopic (exact) mass is 230 g/mol. The maximum Gasteiger partial charge on any atom is 0.220 e. The molecule has 0 aliphatic rings. The second kappa shape index (κ2) is 7.22. The molecule has 0 atom stereocenters. The van der Waals surface area contributed by atoms with Crippen LogP contribution < -0.4 is 10.6 Å². The molecule has 5 nitrogen and oxygen atoms in total. The van der Waals surface area contributed by atoms with Crippen molar-refractivity contribution in [2.45, 2.75) is 45.6 Å². The van der Waals surface area contributed by atoms with Crippen molar-refractivity contribution in [3.63, 3.8) is 0 Å². The number of aliphatic hydroxyl groups is 1. The lowest BCUT2D eigenvalue weighted by molar-refractivity contribution is -0.127. The highest BCUT2D eigenvalue weighted by molar-refractivity contribution is 5.83. The van der Waals surface area contributed by atoms with Crippen LogP contribution in [-0.4, -0.2) is 35.6 Å². The van der Waals surface area contributed by atoms with Crippen LogP contribution in [0.15, 0.2) is 0 Å². The lowest BCUT2D eigenvalue weighted by Crippen LogP contribution is -2.41. The fraction of sp³-hybridized carbons (Fsp3) is 0.818. The molecule has 0 aromatic heterocycles. The molecule has 0 bridgehead atoms. The van der Waals surface area contributed by atoms with Crippen LogP contribution in [0, 0.1) is 0 Å². The highest BCUT2D eigenvalue weighted by Crippen LogP contribution is 2.00. The zero-order valence-corrected chi connectivity index (χ0v) is 10.3. The summed E-state index contributed by atoms with van der Waals surface area (Å²) in [6.07, 6.45) is 0.926. The molecule has 0 aromatic carbocycles. The van der Waals surface area contributed by atoms with E-state index in [2.05, 4.69) is 10.6 Å². The molecule has 0 heterocycles. The first-order valence-corrected chi connectivity index (χ1v) is 5.54. The summed E-state index contributed by atoms with van der Waals surface area (Å²) in [6, 6.07) is 0. The van der Waals surface area contributed by atoms with Crippen LogP contribution in [0.3, 0.4) is 0 Å². The summed E-state index contributed by atoms with van der Waals surface area (Å²) in [5.74, 6) is -0.276. The summed E-state index contributed by atoms with van der Waals surface area (Å²) in [7, 11) is 0. The zero-order valence-electron chi connectivity index (χ0n) is 10.3. The molecule has 0 aliphatic carbocycles. The van der Waals surface area contributed by atoms with Gasteiger partial charge in [-0.1, -0.05) is 0 Å². The van der Waals surface area contributed by atoms with E-state index in [4.69, 9.17) is 5.11 Å². The molecule has 94 valence electrons. The summed E-state index contributed by atoms with van der Waals surface area (Å²) < 4.78 is 0. The molecular weight excluding hydrogens is 208 g/mol. The number of carbonyl (C=O) groups is 2. The first-order chi connectivity index (χ1) is 7.35. The molecule has 0 spiro atoms. The summed E-state index contributed by atoms with van der Waals surface area (Å²) in [6.45, 7) is 6.20. The smallest absolute Gasteiger partial charge is 0.220 e. The van der Waals surface area contributed by atoms with Gasteiger partial charge in [-0.05, 0) is 27.2 Å². The van der Waals surface area contributed by atoms with Gasteiger partial charge in [0.2, 0.25) is 11.8 Å². The quantitative estimate of drug-likeness (QED) is 0.570. The summed E-state index contributed by atoms with van der Waals surface area (Å²) in [4.78, 5) is 22.6. The van der Waals surface area contributed by atoms with Crippen molar-refractivity contribution in [2.24, 2.45) is 0 Å². The number of aliphatic hydroxyl groups excluding tert-OH is 1. The van der Waals surface area contributed by atoms with Crippen molar-refractivity contribution in [3.05, 3.63) is 0 Å². The molecule has 2 amide bonds. The molecule has 16 heavy (non-hydrogen) atoms. The van der Waals surface area contributed by atoms with Crippen LogP contribution in [0.25, 0.3) is 0 Å². The second-order valence-corrected chi connectivity index (χ2v) is 4.73. The van der Waals surface area contributed by atoms with Crippen molar-refractivity contribution in [1.82, 2.24) is 10.6 Å². The number of hydrogen-bond acceptors (Lipinski definition) is 3. The SMILES string of the molecule is CC(C)(C)NC(=O)CCC(=O)NCCCO. The van der Waals surface area contributed by atoms with E-state index in [0.29, 0.717) is 13.0 Å². The Balaban J connectivity index is 3.63. The van der Waals surface area contributed by atoms with Crippen LogP contribution >= 0.6 is 0 Å². The Bertz CT molecular complexity index is 234. The minimum atomic E-state index is -0.259. The fourth-order valence-corrected chi connectivity index (χ4v) is 1.10. The minimum absolute atomic E-state index is 0.0603. The Morgan fingerprint density at radius 3 is 2.19 bits per heavy atom. The maximum atomic E-state index is 11.4. The van der Waals surface area contributed by atoms with Gasteiger partial charge in [0.05, 0.1) is 0 Å². The Morgan fingerprint density at radius 2 is 1.69 bits per heavy atom. The van der Waals surface area contributed by atoms with E-state index >= 15 is 0 Å². The minimum Gasteiger partial charge on any atom is -0.396 e. The van der Waals surface area contributed by atoms with Crippen molar-refractivity contribution >= 4 is 11.8 Å². The predicted octanol–water partition coefficient (Wildman–Crippen LogP) is 0.180. The molecule has 0 aromatic rings. The van der Waals surface area contributed by atoms with Crippen molar-refractivity contribution in [3.8, 4) is 0 Å². The molecule has 0 saturated carbocycles. The molecule has 0 rings (SSSR count). The van der Waals surface area contributed by atoms with Crippen LogP contribution in [0.1, 0.15) is 40.0 Å². The van der Waals surface area contributed by atoms with Gasteiger partial charge in [-0.15, -0.1) is 0 Å². The van der Waals surface area contributed by atoms with E-state index in [1.165, 1.54) is 0 Å². The highest BCUT2D eigenvalue weighted by Gasteiger charge is 2.14. The van der Waals surface area contributed by atoms with Gasteiger partial charge >= 0.3 is 0 Å². The summed E-state index contributed by atoms with van der Waals surface area (Å²) >= 11 is 0. The van der Waals surface area contributed by atoms with Gasteiger partial charge in [0, 0.05) is 31.5 Å².